The molecule has 0 saturated carbocycles. The van der Waals surface area contributed by atoms with Crippen molar-refractivity contribution in [2.75, 3.05) is 56.7 Å². The Labute approximate surface area is 260 Å². The van der Waals surface area contributed by atoms with Crippen LogP contribution in [0.3, 0.4) is 0 Å². The number of alkyl halides is 3. The number of rotatable bonds is 8. The van der Waals surface area contributed by atoms with Crippen LogP contribution in [0, 0.1) is 11.7 Å². The Balaban J connectivity index is 1.84. The normalized spacial score (nSPS) is 19.2. The predicted octanol–water partition coefficient (Wildman–Crippen LogP) is 5.00. The number of nitrogens with one attached hydrogen (secondary N) is 2. The third-order valence-electron chi connectivity index (χ3n) is 8.43. The molecule has 244 valence electrons. The number of nitrogens with zero attached hydrogens (tertiary/aromatic N) is 3. The molecule has 2 aliphatic rings. The molecule has 1 amide bonds. The molecule has 0 spiro atoms. The van der Waals surface area contributed by atoms with E-state index in [1.807, 2.05) is 42.5 Å². The van der Waals surface area contributed by atoms with Crippen molar-refractivity contribution < 1.29 is 27.1 Å². The second kappa shape index (κ2) is 13.8. The first-order chi connectivity index (χ1) is 21.2. The number of H-pyrrole nitrogens is 1. The Morgan fingerprint density at radius 2 is 1.91 bits per heavy atom. The van der Waals surface area contributed by atoms with Crippen LogP contribution < -0.4 is 21.5 Å². The number of hydrogen-bond acceptors (Lipinski definition) is 7. The molecule has 2 fully saturated rings. The van der Waals surface area contributed by atoms with E-state index in [1.165, 1.54) is 12.1 Å². The van der Waals surface area contributed by atoms with E-state index >= 15 is 4.39 Å². The predicted molar refractivity (Wildman–Crippen MR) is 167 cm³/mol. The van der Waals surface area contributed by atoms with Gasteiger partial charge in [0.2, 0.25) is 5.56 Å². The molecule has 0 radical (unpaired) electrons. The quantitative estimate of drug-likeness (QED) is 0.278. The monoisotopic (exact) mass is 632 g/mol. The van der Waals surface area contributed by atoms with Crippen LogP contribution in [0.25, 0.3) is 5.57 Å². The number of anilines is 2. The number of aromatic nitrogens is 1. The summed E-state index contributed by atoms with van der Waals surface area (Å²) in [6, 6.07) is 3.06. The number of ether oxygens (including phenoxy) is 1. The number of halogens is 4. The molecule has 2 aliphatic heterocycles. The van der Waals surface area contributed by atoms with Gasteiger partial charge >= 0.3 is 6.18 Å². The summed E-state index contributed by atoms with van der Waals surface area (Å²) in [5, 5.41) is 2.59. The number of likely N-dealkylation sites (N-methyl/N-ethyl adjacent to an activating group) is 1. The fraction of sp³-hybridized carbons (Fsp3) is 0.438. The summed E-state index contributed by atoms with van der Waals surface area (Å²) >= 11 is 0. The lowest BCUT2D eigenvalue weighted by atomic mass is 9.90. The average Bonchev–Trinajstić information content (AvgIpc) is 3.00. The molecule has 0 aliphatic carbocycles. The Hall–Kier alpha value is -4.26. The number of nitrogens with two attached hydrogens (primary N) is 1. The molecule has 4 rings (SSSR count). The molecule has 4 N–H and O–H groups in total. The fourth-order valence-corrected chi connectivity index (χ4v) is 5.40. The summed E-state index contributed by atoms with van der Waals surface area (Å²) < 4.78 is 63.0. The summed E-state index contributed by atoms with van der Waals surface area (Å²) in [6.45, 7) is 13.0. The SMILES string of the molecule is C=C1CN(c2cc(F)c(/C(=C/C=C(\N)N3CCOCC3)C(C)CC)cc2NC(=O)c2c[nH]c(=O)cc2C(F)(F)F)C[C@@H](C)N1C. The van der Waals surface area contributed by atoms with Gasteiger partial charge in [-0.25, -0.2) is 4.39 Å². The zero-order valence-corrected chi connectivity index (χ0v) is 25.9. The second-order valence-corrected chi connectivity index (χ2v) is 11.5. The Morgan fingerprint density at radius 3 is 2.53 bits per heavy atom. The summed E-state index contributed by atoms with van der Waals surface area (Å²) in [5.41, 5.74) is 5.11. The van der Waals surface area contributed by atoms with E-state index in [0.717, 1.165) is 11.9 Å². The molecule has 2 saturated heterocycles. The van der Waals surface area contributed by atoms with Crippen LogP contribution >= 0.6 is 0 Å². The number of benzene rings is 1. The molecule has 9 nitrogen and oxygen atoms in total. The molecule has 1 unspecified atom stereocenters. The molecular formula is C32H40F4N6O3. The average molecular weight is 633 g/mol. The molecule has 3 heterocycles. The molecule has 13 heteroatoms. The Kier molecular flexibility index (Phi) is 10.3. The zero-order chi connectivity index (χ0) is 33.1. The molecule has 1 aromatic carbocycles. The zero-order valence-electron chi connectivity index (χ0n) is 25.9. The molecular weight excluding hydrogens is 592 g/mol. The van der Waals surface area contributed by atoms with Crippen molar-refractivity contribution in [1.29, 1.82) is 0 Å². The van der Waals surface area contributed by atoms with E-state index in [0.29, 0.717) is 63.3 Å². The molecule has 2 atom stereocenters. The van der Waals surface area contributed by atoms with Gasteiger partial charge in [-0.05, 0) is 43.0 Å². The van der Waals surface area contributed by atoms with E-state index < -0.39 is 34.6 Å². The van der Waals surface area contributed by atoms with Gasteiger partial charge in [0, 0.05) is 56.2 Å². The highest BCUT2D eigenvalue weighted by atomic mass is 19.4. The van der Waals surface area contributed by atoms with Gasteiger partial charge in [-0.2, -0.15) is 13.2 Å². The summed E-state index contributed by atoms with van der Waals surface area (Å²) in [5.74, 6) is -1.32. The first-order valence-corrected chi connectivity index (χ1v) is 14.8. The van der Waals surface area contributed by atoms with Gasteiger partial charge in [0.25, 0.3) is 5.91 Å². The van der Waals surface area contributed by atoms with Crippen molar-refractivity contribution in [1.82, 2.24) is 14.8 Å². The Morgan fingerprint density at radius 1 is 1.22 bits per heavy atom. The number of pyridine rings is 1. The van der Waals surface area contributed by atoms with E-state index in [4.69, 9.17) is 10.5 Å². The number of piperazine rings is 1. The highest BCUT2D eigenvalue weighted by Gasteiger charge is 2.36. The first kappa shape index (κ1) is 33.6. The summed E-state index contributed by atoms with van der Waals surface area (Å²) in [4.78, 5) is 33.1. The van der Waals surface area contributed by atoms with Crippen LogP contribution in [0.15, 0.2) is 59.4 Å². The standard InChI is InChI=1S/C32H40F4N6O3/c1-6-19(2)22(7-8-29(37)41-9-11-45-12-10-41)23-13-27(28(15-26(23)33)42-17-20(3)40(5)21(4)18-42)39-31(44)24-16-38-30(43)14-25(24)32(34,35)36/h7-8,13-16,19,21H,3,6,9-12,17-18,37H2,1-2,4-5H3,(H,38,43)(H,39,44)/b22-7+,29-8+/t19?,21-/m1/s1. The van der Waals surface area contributed by atoms with Gasteiger partial charge in [-0.1, -0.05) is 26.5 Å². The topological polar surface area (TPSA) is 107 Å². The van der Waals surface area contributed by atoms with E-state index in [-0.39, 0.29) is 28.9 Å². The van der Waals surface area contributed by atoms with E-state index in [1.54, 1.807) is 12.2 Å². The lowest BCUT2D eigenvalue weighted by Gasteiger charge is -2.42. The number of amides is 1. The first-order valence-electron chi connectivity index (χ1n) is 14.8. The van der Waals surface area contributed by atoms with E-state index in [9.17, 15) is 22.8 Å². The van der Waals surface area contributed by atoms with Crippen molar-refractivity contribution in [2.24, 2.45) is 11.7 Å². The number of carbonyl (C=O) groups is 1. The highest BCUT2D eigenvalue weighted by molar-refractivity contribution is 6.07. The minimum absolute atomic E-state index is 0.0163. The van der Waals surface area contributed by atoms with Crippen molar-refractivity contribution in [2.45, 2.75) is 39.4 Å². The largest absolute Gasteiger partial charge is 0.417 e. The van der Waals surface area contributed by atoms with Gasteiger partial charge in [-0.15, -0.1) is 0 Å². The maximum atomic E-state index is 16.1. The van der Waals surface area contributed by atoms with Crippen molar-refractivity contribution in [3.63, 3.8) is 0 Å². The third kappa shape index (κ3) is 7.70. The lowest BCUT2D eigenvalue weighted by molar-refractivity contribution is -0.138. The van der Waals surface area contributed by atoms with Crippen molar-refractivity contribution in [3.05, 3.63) is 87.5 Å². The van der Waals surface area contributed by atoms with Gasteiger partial charge < -0.3 is 35.5 Å². The van der Waals surface area contributed by atoms with Crippen LogP contribution in [0.1, 0.15) is 48.7 Å². The maximum Gasteiger partial charge on any atom is 0.417 e. The van der Waals surface area contributed by atoms with Gasteiger partial charge in [0.15, 0.2) is 0 Å². The smallest absolute Gasteiger partial charge is 0.385 e. The third-order valence-corrected chi connectivity index (χ3v) is 8.43. The van der Waals surface area contributed by atoms with Crippen molar-refractivity contribution >= 4 is 22.9 Å². The summed E-state index contributed by atoms with van der Waals surface area (Å²) in [7, 11) is 1.89. The van der Waals surface area contributed by atoms with E-state index in [2.05, 4.69) is 16.9 Å². The number of carbonyl (C=O) groups excluding carboxylic acids is 1. The van der Waals surface area contributed by atoms with Crippen LogP contribution in [0.5, 0.6) is 0 Å². The molecule has 45 heavy (non-hydrogen) atoms. The molecule has 0 bridgehead atoms. The minimum Gasteiger partial charge on any atom is -0.385 e. The fourth-order valence-electron chi connectivity index (χ4n) is 5.40. The lowest BCUT2D eigenvalue weighted by Crippen LogP contribution is -2.48. The second-order valence-electron chi connectivity index (χ2n) is 11.5. The van der Waals surface area contributed by atoms with Crippen LogP contribution in [-0.2, 0) is 10.9 Å². The van der Waals surface area contributed by atoms with Gasteiger partial charge in [-0.3, -0.25) is 9.59 Å². The molecule has 2 aromatic rings. The highest BCUT2D eigenvalue weighted by Crippen LogP contribution is 2.38. The maximum absolute atomic E-state index is 16.1. The molecule has 1 aromatic heterocycles. The van der Waals surface area contributed by atoms with Crippen molar-refractivity contribution in [3.8, 4) is 0 Å². The van der Waals surface area contributed by atoms with Gasteiger partial charge in [0.05, 0.1) is 48.1 Å². The summed E-state index contributed by atoms with van der Waals surface area (Å²) in [6.07, 6.45) is -0.121. The van der Waals surface area contributed by atoms with Crippen LogP contribution in [0.2, 0.25) is 0 Å². The van der Waals surface area contributed by atoms with Crippen LogP contribution in [0.4, 0.5) is 28.9 Å². The minimum atomic E-state index is -4.96. The number of allylic oxidation sites excluding steroid dienone is 3. The van der Waals surface area contributed by atoms with Crippen LogP contribution in [-0.4, -0.2) is 73.2 Å². The number of hydrogen-bond donors (Lipinski definition) is 3. The van der Waals surface area contributed by atoms with Gasteiger partial charge in [0.1, 0.15) is 5.82 Å². The number of aromatic amines is 1. The number of morpholine rings is 1. The Bertz CT molecular complexity index is 1540.